The van der Waals surface area contributed by atoms with Crippen molar-refractivity contribution >= 4 is 92.7 Å². The maximum absolute atomic E-state index is 5.45. The first-order chi connectivity index (χ1) is 36.0. The Kier molecular flexibility index (Phi) is 10.9. The number of nitrogens with zero attached hydrogens (tertiary/aromatic N) is 4. The summed E-state index contributed by atoms with van der Waals surface area (Å²) in [4.78, 5) is 35.7. The van der Waals surface area contributed by atoms with Crippen LogP contribution >= 0.6 is 0 Å². The van der Waals surface area contributed by atoms with E-state index in [9.17, 15) is 0 Å². The van der Waals surface area contributed by atoms with Gasteiger partial charge in [0.1, 0.15) is 0 Å². The molecule has 16 bridgehead atoms. The number of aromatic amines is 4. The minimum absolute atomic E-state index is 0.320. The molecule has 0 saturated heterocycles. The fourth-order valence-corrected chi connectivity index (χ4v) is 10.5. The van der Waals surface area contributed by atoms with Gasteiger partial charge < -0.3 is 19.9 Å². The van der Waals surface area contributed by atoms with Gasteiger partial charge in [-0.2, -0.15) is 0 Å². The Hall–Kier alpha value is -9.58. The molecule has 3 aromatic carbocycles. The van der Waals surface area contributed by atoms with Crippen molar-refractivity contribution in [3.63, 3.8) is 0 Å². The van der Waals surface area contributed by atoms with Crippen LogP contribution in [0.5, 0.6) is 0 Å². The van der Waals surface area contributed by atoms with E-state index in [1.54, 1.807) is 0 Å². The highest BCUT2D eigenvalue weighted by atomic mass is 14.8. The van der Waals surface area contributed by atoms with Crippen molar-refractivity contribution in [2.24, 2.45) is 0 Å². The molecule has 0 aliphatic carbocycles. The van der Waals surface area contributed by atoms with Crippen LogP contribution in [0.1, 0.15) is 94.8 Å². The quantitative estimate of drug-likeness (QED) is 0.124. The summed E-state index contributed by atoms with van der Waals surface area (Å²) in [5.74, 6) is 7.46. The fraction of sp³-hybridized carbons (Fsp3) is 0.0769. The lowest BCUT2D eigenvalue weighted by Crippen LogP contribution is -1.99. The molecule has 348 valence electrons. The molecule has 0 spiro atoms. The predicted octanol–water partition coefficient (Wildman–Crippen LogP) is 15.9. The third kappa shape index (κ3) is 8.33. The lowest BCUT2D eigenvalue weighted by molar-refractivity contribution is 0.642. The summed E-state index contributed by atoms with van der Waals surface area (Å²) >= 11 is 0. The minimum atomic E-state index is 0.320. The molecular weight excluding hydrogens is 893 g/mol. The molecule has 4 aliphatic heterocycles. The number of benzene rings is 3. The van der Waals surface area contributed by atoms with Gasteiger partial charge in [0.15, 0.2) is 0 Å². The molecule has 0 radical (unpaired) electrons. The van der Waals surface area contributed by atoms with Gasteiger partial charge in [-0.15, -0.1) is 0 Å². The highest BCUT2D eigenvalue weighted by molar-refractivity contribution is 5.98. The maximum atomic E-state index is 5.45. The Labute approximate surface area is 422 Å². The Morgan fingerprint density at radius 2 is 0.808 bits per heavy atom. The van der Waals surface area contributed by atoms with E-state index in [1.165, 1.54) is 5.56 Å². The zero-order valence-corrected chi connectivity index (χ0v) is 40.3. The lowest BCUT2D eigenvalue weighted by Gasteiger charge is -2.14. The Morgan fingerprint density at radius 1 is 0.370 bits per heavy atom. The zero-order chi connectivity index (χ0) is 48.8. The van der Waals surface area contributed by atoms with E-state index in [1.807, 2.05) is 18.2 Å². The van der Waals surface area contributed by atoms with Gasteiger partial charge in [-0.1, -0.05) is 98.5 Å². The minimum Gasteiger partial charge on any atom is -0.355 e. The second-order valence-corrected chi connectivity index (χ2v) is 18.7. The van der Waals surface area contributed by atoms with E-state index >= 15 is 0 Å². The number of H-pyrrole nitrogens is 4. The summed E-state index contributed by atoms with van der Waals surface area (Å²) in [6, 6.07) is 52.7. The summed E-state index contributed by atoms with van der Waals surface area (Å²) in [5.41, 5.74) is 23.8. The molecule has 0 unspecified atom stereocenters. The van der Waals surface area contributed by atoms with E-state index in [0.717, 1.165) is 147 Å². The molecule has 0 fully saturated rings. The van der Waals surface area contributed by atoms with Crippen molar-refractivity contribution in [3.8, 4) is 45.2 Å². The number of rotatable bonds is 6. The van der Waals surface area contributed by atoms with Crippen molar-refractivity contribution < 1.29 is 0 Å². The van der Waals surface area contributed by atoms with Crippen LogP contribution in [-0.4, -0.2) is 39.9 Å². The largest absolute Gasteiger partial charge is 0.355 e. The summed E-state index contributed by atoms with van der Waals surface area (Å²) in [6.07, 6.45) is 18.8. The maximum Gasteiger partial charge on any atom is 0.0815 e. The lowest BCUT2D eigenvalue weighted by atomic mass is 9.92. The number of hydrogen-bond donors (Lipinski definition) is 4. The van der Waals surface area contributed by atoms with Gasteiger partial charge in [0.05, 0.1) is 56.6 Å². The van der Waals surface area contributed by atoms with Gasteiger partial charge in [-0.05, 0) is 163 Å². The van der Waals surface area contributed by atoms with Gasteiger partial charge in [0, 0.05) is 66.4 Å². The van der Waals surface area contributed by atoms with Gasteiger partial charge >= 0.3 is 0 Å². The number of nitrogens with one attached hydrogen (secondary N) is 4. The molecule has 9 aromatic rings. The molecule has 10 heterocycles. The molecule has 0 saturated carbocycles. The number of hydrogen-bond acceptors (Lipinski definition) is 4. The predicted molar refractivity (Wildman–Crippen MR) is 303 cm³/mol. The van der Waals surface area contributed by atoms with Crippen molar-refractivity contribution in [1.29, 1.82) is 0 Å². The van der Waals surface area contributed by atoms with Crippen LogP contribution in [0.25, 0.3) is 126 Å². The number of fused-ring (bicyclic) bond motifs is 16. The van der Waals surface area contributed by atoms with Crippen molar-refractivity contribution in [2.75, 3.05) is 0 Å². The number of aromatic nitrogens is 8. The van der Waals surface area contributed by atoms with Crippen LogP contribution in [0.3, 0.4) is 0 Å². The van der Waals surface area contributed by atoms with Crippen LogP contribution in [0.2, 0.25) is 0 Å². The first-order valence-electron chi connectivity index (χ1n) is 25.0. The van der Waals surface area contributed by atoms with E-state index < -0.39 is 0 Å². The average Bonchev–Trinajstić information content (AvgIpc) is 4.27. The molecular formula is C65H48N8. The Morgan fingerprint density at radius 3 is 1.42 bits per heavy atom. The van der Waals surface area contributed by atoms with Crippen LogP contribution in [0.15, 0.2) is 152 Å². The van der Waals surface area contributed by atoms with E-state index in [-0.39, 0.29) is 0 Å². The molecule has 0 amide bonds. The fourth-order valence-electron chi connectivity index (χ4n) is 10.5. The normalized spacial score (nSPS) is 12.4. The van der Waals surface area contributed by atoms with Gasteiger partial charge in [0.25, 0.3) is 0 Å². The van der Waals surface area contributed by atoms with Gasteiger partial charge in [-0.25, -0.2) is 19.9 Å². The van der Waals surface area contributed by atoms with Crippen molar-refractivity contribution in [3.05, 3.63) is 214 Å². The van der Waals surface area contributed by atoms with Crippen LogP contribution in [-0.2, 0) is 0 Å². The molecule has 13 rings (SSSR count). The molecule has 73 heavy (non-hydrogen) atoms. The van der Waals surface area contributed by atoms with Crippen LogP contribution in [0.4, 0.5) is 0 Å². The molecule has 6 aromatic heterocycles. The van der Waals surface area contributed by atoms with Gasteiger partial charge in [0.2, 0.25) is 0 Å². The summed E-state index contributed by atoms with van der Waals surface area (Å²) in [6.45, 7) is 4.50. The smallest absolute Gasteiger partial charge is 0.0815 e. The highest BCUT2D eigenvalue weighted by Gasteiger charge is 2.19. The van der Waals surface area contributed by atoms with E-state index in [2.05, 4.69) is 228 Å². The van der Waals surface area contributed by atoms with Gasteiger partial charge in [-0.3, -0.25) is 0 Å². The SMILES string of the molecule is CCC(CC)c1c2nc(c(C#Cc3ccc(-c4c5nc(c(-c6ccccc6)c6ccc(cc7nc(c(-c8ccccc8)c8ccc4[nH]8)C=C7)[nH]6)C=C5)cc3)c3ccc(cc4nc(cc5ccc1[nH]5)C=C4)[nH]3)C=C2. The zero-order valence-electron chi connectivity index (χ0n) is 40.3. The first-order valence-corrected chi connectivity index (χ1v) is 25.0. The van der Waals surface area contributed by atoms with Crippen molar-refractivity contribution in [2.45, 2.75) is 32.6 Å². The summed E-state index contributed by atoms with van der Waals surface area (Å²) in [7, 11) is 0. The molecule has 8 heteroatoms. The van der Waals surface area contributed by atoms with Crippen LogP contribution < -0.4 is 0 Å². The third-order valence-corrected chi connectivity index (χ3v) is 14.0. The van der Waals surface area contributed by atoms with E-state index in [4.69, 9.17) is 19.9 Å². The summed E-state index contributed by atoms with van der Waals surface area (Å²) in [5, 5.41) is 0. The van der Waals surface area contributed by atoms with Crippen molar-refractivity contribution in [1.82, 2.24) is 39.9 Å². The highest BCUT2D eigenvalue weighted by Crippen LogP contribution is 2.37. The molecule has 8 nitrogen and oxygen atoms in total. The molecule has 4 N–H and O–H groups in total. The Balaban J connectivity index is 0.996. The monoisotopic (exact) mass is 940 g/mol. The summed E-state index contributed by atoms with van der Waals surface area (Å²) < 4.78 is 0. The Bertz CT molecular complexity index is 4180. The second-order valence-electron chi connectivity index (χ2n) is 18.7. The molecule has 4 aliphatic rings. The first kappa shape index (κ1) is 43.4. The second kappa shape index (κ2) is 18.3. The average molecular weight is 941 g/mol. The standard InChI is InChI=1S/C65H48N8/c1-3-41(4-2)62-54-28-23-48(68-54)38-46-21-20-45(66-46)37-47-22-27-52(67-47)51(53-31-32-57(62)71-53)26-17-40-15-18-44(19-16-40)65-60-35-33-58(72-60)63(42-11-7-5-8-12-42)55-29-24-49(69-55)39-50-25-30-56(70-50)64(43-13-9-6-10-14-43)59-34-36-61(65)73-59/h5-16,18-25,27-39,41,67-69,73H,3-4H2,1-2H3. The topological polar surface area (TPSA) is 115 Å². The third-order valence-electron chi connectivity index (χ3n) is 14.0. The van der Waals surface area contributed by atoms with Crippen LogP contribution in [0, 0.1) is 11.8 Å². The molecule has 0 atom stereocenters. The van der Waals surface area contributed by atoms with E-state index in [0.29, 0.717) is 5.92 Å².